The highest BCUT2D eigenvalue weighted by molar-refractivity contribution is 6.08. The second-order valence-corrected chi connectivity index (χ2v) is 4.60. The van der Waals surface area contributed by atoms with Crippen molar-refractivity contribution in [3.8, 4) is 5.75 Å². The van der Waals surface area contributed by atoms with Crippen LogP contribution < -0.4 is 15.5 Å². The molecule has 0 bridgehead atoms. The maximum absolute atomic E-state index is 5.49. The SMILES string of the molecule is COc1cc2c3c(c1)/C(=N/N)CCN3CCC2. The lowest BCUT2D eigenvalue weighted by Gasteiger charge is -2.37. The molecule has 0 fully saturated rings. The van der Waals surface area contributed by atoms with E-state index in [2.05, 4.69) is 22.1 Å². The third-order valence-corrected chi connectivity index (χ3v) is 3.67. The van der Waals surface area contributed by atoms with Gasteiger partial charge in [0.2, 0.25) is 0 Å². The van der Waals surface area contributed by atoms with Gasteiger partial charge in [-0.05, 0) is 30.5 Å². The molecule has 0 aliphatic carbocycles. The second kappa shape index (κ2) is 3.95. The summed E-state index contributed by atoms with van der Waals surface area (Å²) in [4.78, 5) is 2.45. The molecule has 0 radical (unpaired) electrons. The first-order valence-electron chi connectivity index (χ1n) is 6.06. The first-order chi connectivity index (χ1) is 8.33. The molecule has 2 heterocycles. The number of hydrogen-bond acceptors (Lipinski definition) is 4. The maximum Gasteiger partial charge on any atom is 0.119 e. The Morgan fingerprint density at radius 2 is 2.18 bits per heavy atom. The van der Waals surface area contributed by atoms with Gasteiger partial charge in [0.25, 0.3) is 0 Å². The number of nitrogens with two attached hydrogens (primary N) is 1. The van der Waals surface area contributed by atoms with E-state index in [1.807, 2.05) is 0 Å². The second-order valence-electron chi connectivity index (χ2n) is 4.60. The van der Waals surface area contributed by atoms with E-state index in [-0.39, 0.29) is 0 Å². The molecule has 0 atom stereocenters. The fourth-order valence-electron chi connectivity index (χ4n) is 2.87. The third-order valence-electron chi connectivity index (χ3n) is 3.67. The lowest BCUT2D eigenvalue weighted by atomic mass is 9.90. The molecule has 1 aromatic carbocycles. The van der Waals surface area contributed by atoms with Gasteiger partial charge >= 0.3 is 0 Å². The smallest absolute Gasteiger partial charge is 0.119 e. The quantitative estimate of drug-likeness (QED) is 0.589. The van der Waals surface area contributed by atoms with Crippen LogP contribution >= 0.6 is 0 Å². The summed E-state index contributed by atoms with van der Waals surface area (Å²) in [6, 6.07) is 4.20. The average molecular weight is 231 g/mol. The molecule has 4 nitrogen and oxygen atoms in total. The summed E-state index contributed by atoms with van der Waals surface area (Å²) in [5.41, 5.74) is 4.85. The number of aryl methyl sites for hydroxylation is 1. The Labute approximate surface area is 101 Å². The van der Waals surface area contributed by atoms with Crippen molar-refractivity contribution in [3.05, 3.63) is 23.3 Å². The number of ether oxygens (including phenoxy) is 1. The van der Waals surface area contributed by atoms with Crippen molar-refractivity contribution in [2.24, 2.45) is 10.9 Å². The van der Waals surface area contributed by atoms with Gasteiger partial charge in [0, 0.05) is 30.8 Å². The lowest BCUT2D eigenvalue weighted by Crippen LogP contribution is -2.37. The number of hydrazone groups is 1. The van der Waals surface area contributed by atoms with Crippen LogP contribution in [-0.2, 0) is 6.42 Å². The number of anilines is 1. The highest BCUT2D eigenvalue weighted by atomic mass is 16.5. The van der Waals surface area contributed by atoms with Crippen molar-refractivity contribution in [2.45, 2.75) is 19.3 Å². The zero-order chi connectivity index (χ0) is 11.8. The van der Waals surface area contributed by atoms with Crippen molar-refractivity contribution in [1.82, 2.24) is 0 Å². The zero-order valence-electron chi connectivity index (χ0n) is 10.1. The third kappa shape index (κ3) is 1.55. The fraction of sp³-hybridized carbons (Fsp3) is 0.462. The Hall–Kier alpha value is -1.71. The van der Waals surface area contributed by atoms with E-state index in [9.17, 15) is 0 Å². The lowest BCUT2D eigenvalue weighted by molar-refractivity contribution is 0.413. The molecule has 0 aromatic heterocycles. The van der Waals surface area contributed by atoms with Crippen LogP contribution in [0.1, 0.15) is 24.0 Å². The van der Waals surface area contributed by atoms with Gasteiger partial charge in [-0.3, -0.25) is 0 Å². The highest BCUT2D eigenvalue weighted by Gasteiger charge is 2.27. The van der Waals surface area contributed by atoms with Gasteiger partial charge < -0.3 is 15.5 Å². The van der Waals surface area contributed by atoms with Gasteiger partial charge in [-0.15, -0.1) is 0 Å². The first-order valence-corrected chi connectivity index (χ1v) is 6.06. The number of hydrogen-bond donors (Lipinski definition) is 1. The van der Waals surface area contributed by atoms with Gasteiger partial charge in [-0.25, -0.2) is 0 Å². The summed E-state index contributed by atoms with van der Waals surface area (Å²) in [5, 5.41) is 3.93. The predicted octanol–water partition coefficient (Wildman–Crippen LogP) is 1.51. The summed E-state index contributed by atoms with van der Waals surface area (Å²) < 4.78 is 5.36. The molecule has 0 spiro atoms. The Morgan fingerprint density at radius 3 is 2.94 bits per heavy atom. The van der Waals surface area contributed by atoms with Crippen molar-refractivity contribution >= 4 is 11.4 Å². The molecule has 0 saturated carbocycles. The Bertz CT molecular complexity index is 482. The molecule has 0 saturated heterocycles. The number of benzene rings is 1. The zero-order valence-corrected chi connectivity index (χ0v) is 10.1. The molecular formula is C13H17N3O. The van der Waals surface area contributed by atoms with Gasteiger partial charge in [-0.1, -0.05) is 0 Å². The van der Waals surface area contributed by atoms with Crippen LogP contribution in [0.15, 0.2) is 17.2 Å². The Balaban J connectivity index is 2.22. The van der Waals surface area contributed by atoms with Crippen molar-refractivity contribution in [2.75, 3.05) is 25.1 Å². The van der Waals surface area contributed by atoms with Crippen molar-refractivity contribution in [3.63, 3.8) is 0 Å². The van der Waals surface area contributed by atoms with Crippen LogP contribution in [0, 0.1) is 0 Å². The van der Waals surface area contributed by atoms with Crippen molar-refractivity contribution in [1.29, 1.82) is 0 Å². The number of methoxy groups -OCH3 is 1. The monoisotopic (exact) mass is 231 g/mol. The molecule has 17 heavy (non-hydrogen) atoms. The van der Waals surface area contributed by atoms with E-state index in [0.717, 1.165) is 43.0 Å². The predicted molar refractivity (Wildman–Crippen MR) is 68.9 cm³/mol. The van der Waals surface area contributed by atoms with Crippen LogP contribution in [0.5, 0.6) is 5.75 Å². The van der Waals surface area contributed by atoms with E-state index < -0.39 is 0 Å². The largest absolute Gasteiger partial charge is 0.497 e. The number of rotatable bonds is 1. The summed E-state index contributed by atoms with van der Waals surface area (Å²) >= 11 is 0. The summed E-state index contributed by atoms with van der Waals surface area (Å²) in [7, 11) is 1.71. The average Bonchev–Trinajstić information content (AvgIpc) is 2.39. The van der Waals surface area contributed by atoms with E-state index in [1.54, 1.807) is 7.11 Å². The summed E-state index contributed by atoms with van der Waals surface area (Å²) in [6.45, 7) is 2.17. The molecule has 2 aliphatic rings. The molecule has 1 aromatic rings. The number of nitrogens with zero attached hydrogens (tertiary/aromatic N) is 2. The van der Waals surface area contributed by atoms with Gasteiger partial charge in [0.15, 0.2) is 0 Å². The highest BCUT2D eigenvalue weighted by Crippen LogP contribution is 2.38. The van der Waals surface area contributed by atoms with Crippen LogP contribution in [0.25, 0.3) is 0 Å². The van der Waals surface area contributed by atoms with E-state index in [4.69, 9.17) is 10.6 Å². The normalized spacial score (nSPS) is 20.3. The van der Waals surface area contributed by atoms with Crippen LogP contribution in [0.2, 0.25) is 0 Å². The molecule has 2 aliphatic heterocycles. The first kappa shape index (κ1) is 10.4. The molecule has 4 heteroatoms. The molecule has 2 N–H and O–H groups in total. The standard InChI is InChI=1S/C13H17N3O/c1-17-10-7-9-3-2-5-16-6-4-12(15-14)11(8-10)13(9)16/h7-8H,2-6,14H2,1H3/b15-12+. The Morgan fingerprint density at radius 1 is 1.29 bits per heavy atom. The van der Waals surface area contributed by atoms with Crippen molar-refractivity contribution < 1.29 is 4.74 Å². The summed E-state index contributed by atoms with van der Waals surface area (Å²) in [6.07, 6.45) is 3.26. The minimum absolute atomic E-state index is 0.906. The summed E-state index contributed by atoms with van der Waals surface area (Å²) in [5.74, 6) is 6.40. The van der Waals surface area contributed by atoms with Gasteiger partial charge in [0.05, 0.1) is 12.8 Å². The molecule has 90 valence electrons. The fourth-order valence-corrected chi connectivity index (χ4v) is 2.87. The molecular weight excluding hydrogens is 214 g/mol. The van der Waals surface area contributed by atoms with Crippen LogP contribution in [0.3, 0.4) is 0 Å². The van der Waals surface area contributed by atoms with Crippen LogP contribution in [0.4, 0.5) is 5.69 Å². The van der Waals surface area contributed by atoms with Gasteiger partial charge in [-0.2, -0.15) is 5.10 Å². The molecule has 0 amide bonds. The van der Waals surface area contributed by atoms with E-state index in [1.165, 1.54) is 17.7 Å². The molecule has 0 unspecified atom stereocenters. The van der Waals surface area contributed by atoms with Gasteiger partial charge in [0.1, 0.15) is 5.75 Å². The minimum Gasteiger partial charge on any atom is -0.497 e. The molecule has 3 rings (SSSR count). The van der Waals surface area contributed by atoms with E-state index in [0.29, 0.717) is 0 Å². The topological polar surface area (TPSA) is 50.9 Å². The van der Waals surface area contributed by atoms with E-state index >= 15 is 0 Å². The van der Waals surface area contributed by atoms with Crippen LogP contribution in [-0.4, -0.2) is 25.9 Å². The maximum atomic E-state index is 5.49. The minimum atomic E-state index is 0.906. The Kier molecular flexibility index (Phi) is 2.42.